The Morgan fingerprint density at radius 2 is 2.00 bits per heavy atom. The zero-order chi connectivity index (χ0) is 15.3. The highest BCUT2D eigenvalue weighted by Crippen LogP contribution is 2.20. The fourth-order valence-corrected chi connectivity index (χ4v) is 2.24. The summed E-state index contributed by atoms with van der Waals surface area (Å²) in [4.78, 5) is 25.8. The van der Waals surface area contributed by atoms with Crippen molar-refractivity contribution in [3.8, 4) is 0 Å². The summed E-state index contributed by atoms with van der Waals surface area (Å²) in [6.07, 6.45) is 0. The lowest BCUT2D eigenvalue weighted by molar-refractivity contribution is -0.122. The number of nitrogens with zero attached hydrogens (tertiary/aromatic N) is 1. The highest BCUT2D eigenvalue weighted by Gasteiger charge is 2.19. The molecule has 0 spiro atoms. The summed E-state index contributed by atoms with van der Waals surface area (Å²) >= 11 is 3.42. The third-order valence-electron chi connectivity index (χ3n) is 2.95. The SMILES string of the molecule is CCN(CC(=O)NC(C)C)C(=O)c1cccc(Br)c1C. The molecule has 2 amide bonds. The van der Waals surface area contributed by atoms with E-state index in [0.717, 1.165) is 10.0 Å². The van der Waals surface area contributed by atoms with Gasteiger partial charge in [0, 0.05) is 22.6 Å². The van der Waals surface area contributed by atoms with Crippen LogP contribution in [0.25, 0.3) is 0 Å². The van der Waals surface area contributed by atoms with Crippen molar-refractivity contribution in [3.63, 3.8) is 0 Å². The first-order valence-corrected chi connectivity index (χ1v) is 7.49. The van der Waals surface area contributed by atoms with Crippen molar-refractivity contribution in [3.05, 3.63) is 33.8 Å². The molecule has 0 heterocycles. The number of hydrogen-bond donors (Lipinski definition) is 1. The van der Waals surface area contributed by atoms with Crippen LogP contribution < -0.4 is 5.32 Å². The number of hydrogen-bond acceptors (Lipinski definition) is 2. The van der Waals surface area contributed by atoms with Gasteiger partial charge in [-0.3, -0.25) is 9.59 Å². The molecule has 1 aromatic rings. The molecule has 4 nitrogen and oxygen atoms in total. The Hall–Kier alpha value is -1.36. The Bertz CT molecular complexity index is 501. The Labute approximate surface area is 128 Å². The van der Waals surface area contributed by atoms with Gasteiger partial charge in [-0.25, -0.2) is 0 Å². The third-order valence-corrected chi connectivity index (χ3v) is 3.81. The fourth-order valence-electron chi connectivity index (χ4n) is 1.88. The molecule has 0 bridgehead atoms. The summed E-state index contributed by atoms with van der Waals surface area (Å²) in [6, 6.07) is 5.58. The van der Waals surface area contributed by atoms with Gasteiger partial charge >= 0.3 is 0 Å². The summed E-state index contributed by atoms with van der Waals surface area (Å²) in [5, 5.41) is 2.80. The molecule has 0 unspecified atom stereocenters. The first-order chi connectivity index (χ1) is 9.36. The van der Waals surface area contributed by atoms with Gasteiger partial charge in [-0.2, -0.15) is 0 Å². The van der Waals surface area contributed by atoms with Gasteiger partial charge in [-0.05, 0) is 45.4 Å². The number of rotatable bonds is 5. The number of nitrogens with one attached hydrogen (secondary N) is 1. The summed E-state index contributed by atoms with van der Waals surface area (Å²) in [6.45, 7) is 8.13. The molecule has 110 valence electrons. The molecule has 0 saturated carbocycles. The summed E-state index contributed by atoms with van der Waals surface area (Å²) < 4.78 is 0.894. The Balaban J connectivity index is 2.87. The monoisotopic (exact) mass is 340 g/mol. The van der Waals surface area contributed by atoms with Gasteiger partial charge in [0.1, 0.15) is 0 Å². The van der Waals surface area contributed by atoms with E-state index < -0.39 is 0 Å². The summed E-state index contributed by atoms with van der Waals surface area (Å²) in [7, 11) is 0. The van der Waals surface area contributed by atoms with Gasteiger partial charge < -0.3 is 10.2 Å². The lowest BCUT2D eigenvalue weighted by atomic mass is 10.1. The minimum Gasteiger partial charge on any atom is -0.352 e. The minimum absolute atomic E-state index is 0.0731. The van der Waals surface area contributed by atoms with E-state index in [2.05, 4.69) is 21.2 Å². The molecular formula is C15H21BrN2O2. The normalized spacial score (nSPS) is 10.5. The van der Waals surface area contributed by atoms with Crippen LogP contribution in [0.5, 0.6) is 0 Å². The van der Waals surface area contributed by atoms with Gasteiger partial charge in [0.05, 0.1) is 6.54 Å². The van der Waals surface area contributed by atoms with Crippen LogP contribution in [0.15, 0.2) is 22.7 Å². The van der Waals surface area contributed by atoms with E-state index in [4.69, 9.17) is 0 Å². The second-order valence-corrected chi connectivity index (χ2v) is 5.81. The number of carbonyl (C=O) groups excluding carboxylic acids is 2. The maximum absolute atomic E-state index is 12.5. The number of likely N-dealkylation sites (N-methyl/N-ethyl adjacent to an activating group) is 1. The van der Waals surface area contributed by atoms with Crippen LogP contribution >= 0.6 is 15.9 Å². The van der Waals surface area contributed by atoms with Crippen molar-refractivity contribution in [2.45, 2.75) is 33.7 Å². The van der Waals surface area contributed by atoms with Crippen LogP contribution in [0.3, 0.4) is 0 Å². The van der Waals surface area contributed by atoms with Crippen molar-refractivity contribution in [1.82, 2.24) is 10.2 Å². The van der Waals surface area contributed by atoms with Crippen LogP contribution in [0.1, 0.15) is 36.7 Å². The van der Waals surface area contributed by atoms with E-state index >= 15 is 0 Å². The van der Waals surface area contributed by atoms with Crippen molar-refractivity contribution < 1.29 is 9.59 Å². The quantitative estimate of drug-likeness (QED) is 0.895. The van der Waals surface area contributed by atoms with Crippen molar-refractivity contribution >= 4 is 27.7 Å². The molecule has 20 heavy (non-hydrogen) atoms. The van der Waals surface area contributed by atoms with E-state index in [1.807, 2.05) is 39.8 Å². The molecule has 1 aromatic carbocycles. The Morgan fingerprint density at radius 1 is 1.35 bits per heavy atom. The van der Waals surface area contributed by atoms with Crippen LogP contribution in [-0.4, -0.2) is 35.8 Å². The van der Waals surface area contributed by atoms with Crippen LogP contribution in [-0.2, 0) is 4.79 Å². The smallest absolute Gasteiger partial charge is 0.254 e. The van der Waals surface area contributed by atoms with Crippen LogP contribution in [0.2, 0.25) is 0 Å². The molecule has 0 aliphatic carbocycles. The largest absolute Gasteiger partial charge is 0.352 e. The molecule has 0 saturated heterocycles. The Morgan fingerprint density at radius 3 is 2.55 bits per heavy atom. The molecule has 0 fully saturated rings. The van der Waals surface area contributed by atoms with E-state index in [-0.39, 0.29) is 24.4 Å². The average Bonchev–Trinajstić information content (AvgIpc) is 2.37. The molecule has 5 heteroatoms. The van der Waals surface area contributed by atoms with E-state index in [0.29, 0.717) is 12.1 Å². The Kier molecular flexibility index (Phi) is 6.20. The van der Waals surface area contributed by atoms with E-state index in [1.165, 1.54) is 0 Å². The van der Waals surface area contributed by atoms with Crippen LogP contribution in [0.4, 0.5) is 0 Å². The first-order valence-electron chi connectivity index (χ1n) is 6.70. The molecule has 1 N–H and O–H groups in total. The van der Waals surface area contributed by atoms with Crippen molar-refractivity contribution in [2.75, 3.05) is 13.1 Å². The van der Waals surface area contributed by atoms with Crippen molar-refractivity contribution in [2.24, 2.45) is 0 Å². The maximum atomic E-state index is 12.5. The van der Waals surface area contributed by atoms with E-state index in [9.17, 15) is 9.59 Å². The topological polar surface area (TPSA) is 49.4 Å². The van der Waals surface area contributed by atoms with E-state index in [1.54, 1.807) is 11.0 Å². The standard InChI is InChI=1S/C15H21BrN2O2/c1-5-18(9-14(19)17-10(2)3)15(20)12-7-6-8-13(16)11(12)4/h6-8,10H,5,9H2,1-4H3,(H,17,19). The predicted molar refractivity (Wildman–Crippen MR) is 83.7 cm³/mol. The number of halogens is 1. The number of benzene rings is 1. The van der Waals surface area contributed by atoms with Crippen molar-refractivity contribution in [1.29, 1.82) is 0 Å². The summed E-state index contributed by atoms with van der Waals surface area (Å²) in [5.74, 6) is -0.256. The maximum Gasteiger partial charge on any atom is 0.254 e. The molecule has 0 radical (unpaired) electrons. The number of carbonyl (C=O) groups is 2. The molecule has 0 aliphatic heterocycles. The first kappa shape index (κ1) is 16.7. The zero-order valence-corrected chi connectivity index (χ0v) is 14.0. The highest BCUT2D eigenvalue weighted by molar-refractivity contribution is 9.10. The fraction of sp³-hybridized carbons (Fsp3) is 0.467. The molecule has 0 aliphatic rings. The lowest BCUT2D eigenvalue weighted by Gasteiger charge is -2.22. The second-order valence-electron chi connectivity index (χ2n) is 4.95. The van der Waals surface area contributed by atoms with Gasteiger partial charge in [-0.15, -0.1) is 0 Å². The third kappa shape index (κ3) is 4.34. The van der Waals surface area contributed by atoms with Gasteiger partial charge in [0.15, 0.2) is 0 Å². The minimum atomic E-state index is -0.136. The second kappa shape index (κ2) is 7.43. The van der Waals surface area contributed by atoms with Crippen LogP contribution in [0, 0.1) is 6.92 Å². The predicted octanol–water partition coefficient (Wildman–Crippen LogP) is 2.74. The molecule has 0 atom stereocenters. The summed E-state index contributed by atoms with van der Waals surface area (Å²) in [5.41, 5.74) is 1.51. The average molecular weight is 341 g/mol. The van der Waals surface area contributed by atoms with Gasteiger partial charge in [0.25, 0.3) is 5.91 Å². The highest BCUT2D eigenvalue weighted by atomic mass is 79.9. The van der Waals surface area contributed by atoms with Gasteiger partial charge in [-0.1, -0.05) is 22.0 Å². The lowest BCUT2D eigenvalue weighted by Crippen LogP contribution is -2.42. The van der Waals surface area contributed by atoms with Gasteiger partial charge in [0.2, 0.25) is 5.91 Å². The molecular weight excluding hydrogens is 320 g/mol. The number of amides is 2. The molecule has 1 rings (SSSR count). The zero-order valence-electron chi connectivity index (χ0n) is 12.4. The molecule has 0 aromatic heterocycles.